The molecule has 0 bridgehead atoms. The largest absolute Gasteiger partial charge is 0.464 e. The van der Waals surface area contributed by atoms with Gasteiger partial charge in [-0.25, -0.2) is 9.59 Å². The second kappa shape index (κ2) is 4.33. The highest BCUT2D eigenvalue weighted by Gasteiger charge is 2.23. The van der Waals surface area contributed by atoms with Crippen molar-refractivity contribution in [1.29, 1.82) is 0 Å². The van der Waals surface area contributed by atoms with Crippen LogP contribution in [0.1, 0.15) is 29.9 Å². The third-order valence-electron chi connectivity index (χ3n) is 2.43. The quantitative estimate of drug-likeness (QED) is 0.441. The maximum Gasteiger partial charge on any atom is 0.354 e. The first-order valence-corrected chi connectivity index (χ1v) is 4.76. The van der Waals surface area contributed by atoms with E-state index in [1.807, 2.05) is 0 Å². The van der Waals surface area contributed by atoms with Gasteiger partial charge in [0.25, 0.3) is 0 Å². The lowest BCUT2D eigenvalue weighted by Crippen LogP contribution is -2.12. The first-order chi connectivity index (χ1) is 7.42. The summed E-state index contributed by atoms with van der Waals surface area (Å²) in [7, 11) is 3.06. The van der Waals surface area contributed by atoms with E-state index in [-0.39, 0.29) is 0 Å². The number of isocyanates is 1. The Hall–Kier alpha value is -1.87. The third kappa shape index (κ3) is 2.20. The fraction of sp³-hybridized carbons (Fsp3) is 0.455. The van der Waals surface area contributed by atoms with Crippen LogP contribution < -0.4 is 0 Å². The summed E-state index contributed by atoms with van der Waals surface area (Å²) in [5.41, 5.74) is 0.497. The van der Waals surface area contributed by atoms with E-state index in [2.05, 4.69) is 9.73 Å². The zero-order chi connectivity index (χ0) is 12.3. The minimum atomic E-state index is -0.689. The molecule has 16 heavy (non-hydrogen) atoms. The van der Waals surface area contributed by atoms with Crippen LogP contribution in [0.3, 0.4) is 0 Å². The van der Waals surface area contributed by atoms with Gasteiger partial charge in [0.2, 0.25) is 6.08 Å². The molecule has 1 rings (SSSR count). The minimum absolute atomic E-state index is 0.417. The van der Waals surface area contributed by atoms with E-state index in [9.17, 15) is 9.59 Å². The molecule has 0 aliphatic heterocycles. The summed E-state index contributed by atoms with van der Waals surface area (Å²) < 4.78 is 6.28. The molecular weight excluding hydrogens is 208 g/mol. The van der Waals surface area contributed by atoms with Gasteiger partial charge in [0.05, 0.1) is 12.6 Å². The molecule has 86 valence electrons. The third-order valence-corrected chi connectivity index (χ3v) is 2.43. The SMILES string of the molecule is COC(=O)c1cc(C(C)(C)N=C=O)cn1C. The molecule has 0 spiro atoms. The van der Waals surface area contributed by atoms with E-state index < -0.39 is 11.5 Å². The molecule has 0 unspecified atom stereocenters. The number of hydrogen-bond acceptors (Lipinski definition) is 4. The Labute approximate surface area is 93.7 Å². The van der Waals surface area contributed by atoms with Gasteiger partial charge in [-0.05, 0) is 25.5 Å². The molecule has 0 fully saturated rings. The summed E-state index contributed by atoms with van der Waals surface area (Å²) >= 11 is 0. The number of carbonyl (C=O) groups is 1. The Kier molecular flexibility index (Phi) is 3.30. The molecule has 0 saturated heterocycles. The average Bonchev–Trinajstić information content (AvgIpc) is 2.60. The smallest absolute Gasteiger partial charge is 0.354 e. The number of hydrogen-bond donors (Lipinski definition) is 0. The van der Waals surface area contributed by atoms with Crippen molar-refractivity contribution in [3.63, 3.8) is 0 Å². The zero-order valence-corrected chi connectivity index (χ0v) is 9.77. The number of nitrogens with zero attached hydrogens (tertiary/aromatic N) is 2. The summed E-state index contributed by atoms with van der Waals surface area (Å²) in [5, 5.41) is 0. The van der Waals surface area contributed by atoms with Crippen LogP contribution in [0.4, 0.5) is 0 Å². The molecule has 0 atom stereocenters. The van der Waals surface area contributed by atoms with Crippen LogP contribution in [-0.4, -0.2) is 23.7 Å². The van der Waals surface area contributed by atoms with E-state index in [0.29, 0.717) is 5.69 Å². The second-order valence-electron chi connectivity index (χ2n) is 3.98. The first kappa shape index (κ1) is 12.2. The standard InChI is InChI=1S/C11H14N2O3/c1-11(2,12-7-14)8-5-9(10(15)16-4)13(3)6-8/h5-6H,1-4H3. The van der Waals surface area contributed by atoms with Gasteiger partial charge in [0.15, 0.2) is 0 Å². The molecule has 5 nitrogen and oxygen atoms in total. The summed E-state index contributed by atoms with van der Waals surface area (Å²) in [6.45, 7) is 3.54. The van der Waals surface area contributed by atoms with Crippen LogP contribution in [-0.2, 0) is 22.1 Å². The molecular formula is C11H14N2O3. The van der Waals surface area contributed by atoms with Gasteiger partial charge >= 0.3 is 5.97 Å². The highest BCUT2D eigenvalue weighted by molar-refractivity contribution is 5.88. The van der Waals surface area contributed by atoms with Crippen molar-refractivity contribution in [3.8, 4) is 0 Å². The van der Waals surface area contributed by atoms with Crippen LogP contribution in [0.15, 0.2) is 17.3 Å². The van der Waals surface area contributed by atoms with Crippen molar-refractivity contribution in [1.82, 2.24) is 4.57 Å². The molecule has 0 radical (unpaired) electrons. The molecule has 0 aromatic carbocycles. The van der Waals surface area contributed by atoms with Crippen LogP contribution in [0.2, 0.25) is 0 Å². The van der Waals surface area contributed by atoms with Crippen molar-refractivity contribution in [2.45, 2.75) is 19.4 Å². The number of esters is 1. The fourth-order valence-corrected chi connectivity index (χ4v) is 1.39. The Bertz CT molecular complexity index is 454. The molecule has 0 aliphatic carbocycles. The normalized spacial score (nSPS) is 10.8. The second-order valence-corrected chi connectivity index (χ2v) is 3.98. The van der Waals surface area contributed by atoms with Gasteiger partial charge in [-0.2, -0.15) is 4.99 Å². The molecule has 0 aliphatic rings. The predicted molar refractivity (Wildman–Crippen MR) is 57.9 cm³/mol. The van der Waals surface area contributed by atoms with Crippen molar-refractivity contribution >= 4 is 12.0 Å². The Balaban J connectivity index is 3.19. The number of aromatic nitrogens is 1. The van der Waals surface area contributed by atoms with Crippen LogP contribution in [0.25, 0.3) is 0 Å². The van der Waals surface area contributed by atoms with Gasteiger partial charge in [-0.1, -0.05) is 0 Å². The first-order valence-electron chi connectivity index (χ1n) is 4.76. The van der Waals surface area contributed by atoms with Crippen molar-refractivity contribution in [2.24, 2.45) is 12.0 Å². The summed E-state index contributed by atoms with van der Waals surface area (Å²) in [6.07, 6.45) is 3.27. The van der Waals surface area contributed by atoms with Gasteiger partial charge in [-0.15, -0.1) is 0 Å². The van der Waals surface area contributed by atoms with E-state index >= 15 is 0 Å². The summed E-state index contributed by atoms with van der Waals surface area (Å²) in [5.74, 6) is -0.417. The highest BCUT2D eigenvalue weighted by Crippen LogP contribution is 2.26. The lowest BCUT2D eigenvalue weighted by atomic mass is 9.98. The highest BCUT2D eigenvalue weighted by atomic mass is 16.5. The lowest BCUT2D eigenvalue weighted by Gasteiger charge is -2.14. The molecule has 1 heterocycles. The summed E-state index contributed by atoms with van der Waals surface area (Å²) in [4.78, 5) is 25.4. The topological polar surface area (TPSA) is 60.7 Å². The van der Waals surface area contributed by atoms with E-state index in [0.717, 1.165) is 5.56 Å². The van der Waals surface area contributed by atoms with Gasteiger partial charge in [0, 0.05) is 13.2 Å². The average molecular weight is 222 g/mol. The Morgan fingerprint density at radius 2 is 2.19 bits per heavy atom. The summed E-state index contributed by atoms with van der Waals surface area (Å²) in [6, 6.07) is 1.66. The molecule has 1 aromatic heterocycles. The Morgan fingerprint density at radius 1 is 1.56 bits per heavy atom. The van der Waals surface area contributed by atoms with Crippen molar-refractivity contribution in [3.05, 3.63) is 23.5 Å². The number of rotatable bonds is 3. The van der Waals surface area contributed by atoms with Gasteiger partial charge in [0.1, 0.15) is 5.69 Å². The molecule has 1 aromatic rings. The van der Waals surface area contributed by atoms with E-state index in [1.165, 1.54) is 13.2 Å². The molecule has 0 saturated carbocycles. The maximum atomic E-state index is 11.4. The van der Waals surface area contributed by atoms with Gasteiger partial charge < -0.3 is 9.30 Å². The number of aryl methyl sites for hydroxylation is 1. The number of methoxy groups -OCH3 is 1. The van der Waals surface area contributed by atoms with Crippen LogP contribution in [0.5, 0.6) is 0 Å². The maximum absolute atomic E-state index is 11.4. The molecule has 0 N–H and O–H groups in total. The molecule has 0 amide bonds. The minimum Gasteiger partial charge on any atom is -0.464 e. The fourth-order valence-electron chi connectivity index (χ4n) is 1.39. The molecule has 5 heteroatoms. The van der Waals surface area contributed by atoms with Crippen molar-refractivity contribution in [2.75, 3.05) is 7.11 Å². The van der Waals surface area contributed by atoms with Crippen LogP contribution in [0, 0.1) is 0 Å². The number of aliphatic imine (C=N–C) groups is 1. The number of ether oxygens (including phenoxy) is 1. The van der Waals surface area contributed by atoms with Gasteiger partial charge in [-0.3, -0.25) is 0 Å². The van der Waals surface area contributed by atoms with Crippen LogP contribution >= 0.6 is 0 Å². The van der Waals surface area contributed by atoms with Crippen molar-refractivity contribution < 1.29 is 14.3 Å². The zero-order valence-electron chi connectivity index (χ0n) is 9.77. The lowest BCUT2D eigenvalue weighted by molar-refractivity contribution is 0.0590. The van der Waals surface area contributed by atoms with E-state index in [1.54, 1.807) is 37.7 Å². The Morgan fingerprint density at radius 3 is 2.69 bits per heavy atom. The predicted octanol–water partition coefficient (Wildman–Crippen LogP) is 1.38. The van der Waals surface area contributed by atoms with E-state index in [4.69, 9.17) is 0 Å². The monoisotopic (exact) mass is 222 g/mol. The number of carbonyl (C=O) groups excluding carboxylic acids is 2.